The zero-order valence-corrected chi connectivity index (χ0v) is 12.1. The van der Waals surface area contributed by atoms with Crippen LogP contribution in [0.4, 0.5) is 13.2 Å². The maximum absolute atomic E-state index is 12.5. The van der Waals surface area contributed by atoms with Crippen molar-refractivity contribution in [2.75, 3.05) is 0 Å². The summed E-state index contributed by atoms with van der Waals surface area (Å²) in [5.74, 6) is -0.161. The smallest absolute Gasteiger partial charge is 0.416 e. The second-order valence-electron chi connectivity index (χ2n) is 5.76. The quantitative estimate of drug-likeness (QED) is 0.793. The van der Waals surface area contributed by atoms with Crippen molar-refractivity contribution < 1.29 is 23.1 Å². The number of carboxylic acid groups (broad SMARTS) is 1. The van der Waals surface area contributed by atoms with Crippen molar-refractivity contribution in [1.82, 2.24) is 0 Å². The molecule has 0 heterocycles. The van der Waals surface area contributed by atoms with Crippen molar-refractivity contribution >= 4 is 5.97 Å². The van der Waals surface area contributed by atoms with Gasteiger partial charge in [-0.1, -0.05) is 24.3 Å². The van der Waals surface area contributed by atoms with Crippen molar-refractivity contribution in [3.05, 3.63) is 47.5 Å². The Hall–Kier alpha value is -1.78. The average Bonchev–Trinajstić information content (AvgIpc) is 2.47. The number of halogens is 3. The highest BCUT2D eigenvalue weighted by Crippen LogP contribution is 2.37. The highest BCUT2D eigenvalue weighted by Gasteiger charge is 2.30. The van der Waals surface area contributed by atoms with Gasteiger partial charge in [-0.2, -0.15) is 13.2 Å². The fraction of sp³-hybridized carbons (Fsp3) is 0.471. The SMILES string of the molecule is O=C(O)CC=CC1CCC(c2ccc(C(F)(F)F)cc2)CC1. The minimum absolute atomic E-state index is 0.0405. The summed E-state index contributed by atoms with van der Waals surface area (Å²) in [7, 11) is 0. The molecule has 0 unspecified atom stereocenters. The molecule has 1 N–H and O–H groups in total. The summed E-state index contributed by atoms with van der Waals surface area (Å²) in [5.41, 5.74) is 0.350. The number of carboxylic acids is 1. The van der Waals surface area contributed by atoms with Crippen LogP contribution < -0.4 is 0 Å². The number of allylic oxidation sites excluding steroid dienone is 1. The van der Waals surface area contributed by atoms with E-state index in [9.17, 15) is 18.0 Å². The molecule has 2 nitrogen and oxygen atoms in total. The predicted molar refractivity (Wildman–Crippen MR) is 77.5 cm³/mol. The van der Waals surface area contributed by atoms with E-state index >= 15 is 0 Å². The first-order valence-corrected chi connectivity index (χ1v) is 7.42. The molecule has 0 atom stereocenters. The van der Waals surface area contributed by atoms with Crippen LogP contribution >= 0.6 is 0 Å². The van der Waals surface area contributed by atoms with Gasteiger partial charge in [0, 0.05) is 0 Å². The van der Waals surface area contributed by atoms with Gasteiger partial charge in [-0.3, -0.25) is 4.79 Å². The first-order valence-electron chi connectivity index (χ1n) is 7.42. The monoisotopic (exact) mass is 312 g/mol. The van der Waals surface area contributed by atoms with Gasteiger partial charge in [-0.15, -0.1) is 0 Å². The van der Waals surface area contributed by atoms with Crippen LogP contribution in [0.5, 0.6) is 0 Å². The van der Waals surface area contributed by atoms with E-state index in [0.717, 1.165) is 43.4 Å². The van der Waals surface area contributed by atoms with Crippen molar-refractivity contribution in [3.8, 4) is 0 Å². The summed E-state index contributed by atoms with van der Waals surface area (Å²) in [6.07, 6.45) is 3.14. The lowest BCUT2D eigenvalue weighted by atomic mass is 9.78. The third-order valence-corrected chi connectivity index (χ3v) is 4.18. The summed E-state index contributed by atoms with van der Waals surface area (Å²) >= 11 is 0. The summed E-state index contributed by atoms with van der Waals surface area (Å²) in [4.78, 5) is 10.4. The van der Waals surface area contributed by atoms with E-state index in [1.807, 2.05) is 6.08 Å². The number of aliphatic carboxylic acids is 1. The van der Waals surface area contributed by atoms with Gasteiger partial charge >= 0.3 is 12.1 Å². The summed E-state index contributed by atoms with van der Waals surface area (Å²) in [6.45, 7) is 0. The van der Waals surface area contributed by atoms with Gasteiger partial charge < -0.3 is 5.11 Å². The molecule has 1 aromatic rings. The van der Waals surface area contributed by atoms with E-state index in [1.54, 1.807) is 18.2 Å². The standard InChI is InChI=1S/C17H19F3O2/c18-17(19,20)15-10-8-14(9-11-15)13-6-4-12(5-7-13)2-1-3-16(21)22/h1-2,8-13H,3-7H2,(H,21,22). The van der Waals surface area contributed by atoms with Crippen molar-refractivity contribution in [2.45, 2.75) is 44.2 Å². The number of benzene rings is 1. The van der Waals surface area contributed by atoms with Crippen LogP contribution in [0.15, 0.2) is 36.4 Å². The van der Waals surface area contributed by atoms with Gasteiger partial charge in [0.05, 0.1) is 12.0 Å². The number of hydrogen-bond donors (Lipinski definition) is 1. The van der Waals surface area contributed by atoms with E-state index < -0.39 is 17.7 Å². The molecule has 2 rings (SSSR count). The first-order chi connectivity index (χ1) is 10.4. The van der Waals surface area contributed by atoms with Crippen LogP contribution in [-0.2, 0) is 11.0 Å². The fourth-order valence-electron chi connectivity index (χ4n) is 2.95. The molecule has 0 saturated heterocycles. The number of carbonyl (C=O) groups is 1. The molecule has 1 aliphatic carbocycles. The van der Waals surface area contributed by atoms with Crippen LogP contribution in [0.2, 0.25) is 0 Å². The number of hydrogen-bond acceptors (Lipinski definition) is 1. The largest absolute Gasteiger partial charge is 0.481 e. The molecule has 0 aromatic heterocycles. The molecular weight excluding hydrogens is 293 g/mol. The van der Waals surface area contributed by atoms with E-state index in [-0.39, 0.29) is 6.42 Å². The maximum Gasteiger partial charge on any atom is 0.416 e. The minimum Gasteiger partial charge on any atom is -0.481 e. The van der Waals surface area contributed by atoms with Crippen LogP contribution in [0.25, 0.3) is 0 Å². The maximum atomic E-state index is 12.5. The Morgan fingerprint density at radius 1 is 1.14 bits per heavy atom. The van der Waals surface area contributed by atoms with Gasteiger partial charge in [0.2, 0.25) is 0 Å². The van der Waals surface area contributed by atoms with E-state index in [2.05, 4.69) is 0 Å². The number of alkyl halides is 3. The molecule has 0 bridgehead atoms. The normalized spacial score (nSPS) is 22.9. The molecule has 0 amide bonds. The second kappa shape index (κ2) is 6.99. The van der Waals surface area contributed by atoms with Gasteiger partial charge in [0.25, 0.3) is 0 Å². The zero-order valence-electron chi connectivity index (χ0n) is 12.1. The molecule has 0 aliphatic heterocycles. The molecule has 1 aliphatic rings. The van der Waals surface area contributed by atoms with Crippen LogP contribution in [-0.4, -0.2) is 11.1 Å². The first kappa shape index (κ1) is 16.6. The van der Waals surface area contributed by atoms with Crippen molar-refractivity contribution in [1.29, 1.82) is 0 Å². The molecule has 0 radical (unpaired) electrons. The molecule has 1 saturated carbocycles. The van der Waals surface area contributed by atoms with E-state index in [4.69, 9.17) is 5.11 Å². The summed E-state index contributed by atoms with van der Waals surface area (Å²) in [5, 5.41) is 8.58. The van der Waals surface area contributed by atoms with E-state index in [1.165, 1.54) is 0 Å². The Bertz CT molecular complexity index is 524. The Balaban J connectivity index is 1.89. The van der Waals surface area contributed by atoms with E-state index in [0.29, 0.717) is 11.8 Å². The molecule has 1 aromatic carbocycles. The van der Waals surface area contributed by atoms with Crippen LogP contribution in [0.3, 0.4) is 0 Å². The lowest BCUT2D eigenvalue weighted by Crippen LogP contribution is -2.12. The van der Waals surface area contributed by atoms with Gasteiger partial charge in [-0.25, -0.2) is 0 Å². The second-order valence-corrected chi connectivity index (χ2v) is 5.76. The molecule has 5 heteroatoms. The molecule has 120 valence electrons. The zero-order chi connectivity index (χ0) is 16.2. The average molecular weight is 312 g/mol. The summed E-state index contributed by atoms with van der Waals surface area (Å²) < 4.78 is 37.6. The lowest BCUT2D eigenvalue weighted by molar-refractivity contribution is -0.138. The Morgan fingerprint density at radius 3 is 2.23 bits per heavy atom. The van der Waals surface area contributed by atoms with Gasteiger partial charge in [-0.05, 0) is 55.2 Å². The van der Waals surface area contributed by atoms with Crippen molar-refractivity contribution in [2.24, 2.45) is 5.92 Å². The van der Waals surface area contributed by atoms with Crippen LogP contribution in [0, 0.1) is 5.92 Å². The Kier molecular flexibility index (Phi) is 5.27. The lowest BCUT2D eigenvalue weighted by Gasteiger charge is -2.27. The third kappa shape index (κ3) is 4.61. The number of rotatable bonds is 4. The third-order valence-electron chi connectivity index (χ3n) is 4.18. The summed E-state index contributed by atoms with van der Waals surface area (Å²) in [6, 6.07) is 5.45. The molecule has 1 fully saturated rings. The Labute approximate surface area is 127 Å². The van der Waals surface area contributed by atoms with Crippen molar-refractivity contribution in [3.63, 3.8) is 0 Å². The fourth-order valence-corrected chi connectivity index (χ4v) is 2.95. The van der Waals surface area contributed by atoms with Crippen LogP contribution in [0.1, 0.15) is 49.1 Å². The topological polar surface area (TPSA) is 37.3 Å². The van der Waals surface area contributed by atoms with Gasteiger partial charge in [0.15, 0.2) is 0 Å². The Morgan fingerprint density at radius 2 is 1.73 bits per heavy atom. The molecular formula is C17H19F3O2. The highest BCUT2D eigenvalue weighted by molar-refractivity contribution is 5.68. The molecule has 22 heavy (non-hydrogen) atoms. The predicted octanol–water partition coefficient (Wildman–Crippen LogP) is 5.01. The van der Waals surface area contributed by atoms with Gasteiger partial charge in [0.1, 0.15) is 0 Å². The highest BCUT2D eigenvalue weighted by atomic mass is 19.4. The molecule has 0 spiro atoms. The minimum atomic E-state index is -4.29.